The predicted octanol–water partition coefficient (Wildman–Crippen LogP) is 4.74. The fourth-order valence-electron chi connectivity index (χ4n) is 2.15. The number of ether oxygens (including phenoxy) is 1. The molecule has 6 nitrogen and oxygen atoms in total. The lowest BCUT2D eigenvalue weighted by molar-refractivity contribution is -0.384. The van der Waals surface area contributed by atoms with E-state index in [1.54, 1.807) is 0 Å². The second kappa shape index (κ2) is 5.57. The van der Waals surface area contributed by atoms with Crippen LogP contribution >= 0.6 is 23.2 Å². The van der Waals surface area contributed by atoms with Gasteiger partial charge in [0.1, 0.15) is 5.75 Å². The second-order valence-corrected chi connectivity index (χ2v) is 5.65. The number of halogens is 4. The Kier molecular flexibility index (Phi) is 3.81. The summed E-state index contributed by atoms with van der Waals surface area (Å²) < 4.78 is 32.9. The summed E-state index contributed by atoms with van der Waals surface area (Å²) in [5.74, 6) is -5.29. The topological polar surface area (TPSA) is 81.5 Å². The van der Waals surface area contributed by atoms with Crippen molar-refractivity contribution < 1.29 is 23.2 Å². The van der Waals surface area contributed by atoms with Crippen molar-refractivity contribution in [3.8, 4) is 11.5 Å². The van der Waals surface area contributed by atoms with Crippen LogP contribution in [-0.2, 0) is 10.7 Å². The number of rotatable bonds is 3. The number of nitro groups is 1. The minimum atomic E-state index is -3.68. The number of benzene rings is 2. The van der Waals surface area contributed by atoms with Gasteiger partial charge in [-0.1, -0.05) is 23.2 Å². The fourth-order valence-corrected chi connectivity index (χ4v) is 2.70. The Balaban J connectivity index is 1.98. The van der Waals surface area contributed by atoms with Gasteiger partial charge in [0.2, 0.25) is 0 Å². The summed E-state index contributed by atoms with van der Waals surface area (Å²) >= 11 is 11.8. The maximum Gasteiger partial charge on any atom is 0.352 e. The van der Waals surface area contributed by atoms with Gasteiger partial charge in [-0.05, 0) is 18.2 Å². The van der Waals surface area contributed by atoms with Crippen LogP contribution in [0.1, 0.15) is 5.56 Å². The molecule has 10 heteroatoms. The standard InChI is InChI=1S/C14H6Cl2F2N2O4/c15-9-3-6(20(22)23)4-10(16)12(9)24-7-1-2-11-8(5-7)14(17,18)13(21)19-11/h1-5H,(H,19,21). The average Bonchev–Trinajstić information content (AvgIpc) is 2.73. The average molecular weight is 375 g/mol. The molecule has 3 rings (SSSR count). The SMILES string of the molecule is O=C1Nc2ccc(Oc3c(Cl)cc([N+](=O)[O-])cc3Cl)cc2C1(F)F. The van der Waals surface area contributed by atoms with Crippen LogP contribution in [-0.4, -0.2) is 10.8 Å². The molecule has 2 aromatic rings. The first kappa shape index (κ1) is 16.4. The number of hydrogen-bond acceptors (Lipinski definition) is 4. The molecule has 0 bridgehead atoms. The molecule has 1 aliphatic heterocycles. The van der Waals surface area contributed by atoms with Gasteiger partial charge in [-0.2, -0.15) is 8.78 Å². The lowest BCUT2D eigenvalue weighted by atomic mass is 10.1. The molecule has 1 heterocycles. The number of carbonyl (C=O) groups is 1. The first-order chi connectivity index (χ1) is 11.2. The third-order valence-electron chi connectivity index (χ3n) is 3.28. The molecule has 124 valence electrons. The molecule has 24 heavy (non-hydrogen) atoms. The lowest BCUT2D eigenvalue weighted by Crippen LogP contribution is -2.23. The molecule has 1 amide bonds. The molecule has 0 aromatic heterocycles. The van der Waals surface area contributed by atoms with Crippen molar-refractivity contribution in [3.63, 3.8) is 0 Å². The number of nitrogens with one attached hydrogen (secondary N) is 1. The van der Waals surface area contributed by atoms with Crippen LogP contribution in [0.15, 0.2) is 30.3 Å². The van der Waals surface area contributed by atoms with Crippen molar-refractivity contribution >= 4 is 40.5 Å². The zero-order valence-electron chi connectivity index (χ0n) is 11.5. The van der Waals surface area contributed by atoms with E-state index in [2.05, 4.69) is 0 Å². The van der Waals surface area contributed by atoms with Crippen LogP contribution in [0.25, 0.3) is 0 Å². The van der Waals surface area contributed by atoms with Gasteiger partial charge in [-0.3, -0.25) is 14.9 Å². The van der Waals surface area contributed by atoms with Crippen LogP contribution in [0.3, 0.4) is 0 Å². The third kappa shape index (κ3) is 2.63. The number of fused-ring (bicyclic) bond motifs is 1. The largest absolute Gasteiger partial charge is 0.454 e. The number of nitro benzene ring substituents is 1. The summed E-state index contributed by atoms with van der Waals surface area (Å²) in [4.78, 5) is 21.3. The lowest BCUT2D eigenvalue weighted by Gasteiger charge is -2.12. The Labute approximate surface area is 143 Å². The summed E-state index contributed by atoms with van der Waals surface area (Å²) in [6, 6.07) is 5.60. The highest BCUT2D eigenvalue weighted by Gasteiger charge is 2.48. The van der Waals surface area contributed by atoms with Gasteiger partial charge in [-0.25, -0.2) is 0 Å². The van der Waals surface area contributed by atoms with Gasteiger partial charge in [0, 0.05) is 12.1 Å². The van der Waals surface area contributed by atoms with Gasteiger partial charge >= 0.3 is 5.92 Å². The predicted molar refractivity (Wildman–Crippen MR) is 82.2 cm³/mol. The molecule has 0 spiro atoms. The summed E-state index contributed by atoms with van der Waals surface area (Å²) in [5, 5.41) is 12.5. The maximum absolute atomic E-state index is 13.8. The fraction of sp³-hybridized carbons (Fsp3) is 0.0714. The summed E-state index contributed by atoms with van der Waals surface area (Å²) in [6.07, 6.45) is 0. The molecule has 0 fully saturated rings. The monoisotopic (exact) mass is 374 g/mol. The molecule has 0 saturated carbocycles. The van der Waals surface area contributed by atoms with Crippen LogP contribution in [0.2, 0.25) is 10.0 Å². The van der Waals surface area contributed by atoms with Crippen molar-refractivity contribution in [2.24, 2.45) is 0 Å². The molecule has 0 saturated heterocycles. The minimum absolute atomic E-state index is 0.0294. The van der Waals surface area contributed by atoms with E-state index in [9.17, 15) is 23.7 Å². The molecule has 1 aliphatic rings. The number of hydrogen-bond donors (Lipinski definition) is 1. The number of amides is 1. The van der Waals surface area contributed by atoms with Crippen molar-refractivity contribution in [2.75, 3.05) is 5.32 Å². The molecule has 1 N–H and O–H groups in total. The van der Waals surface area contributed by atoms with Gasteiger partial charge in [0.15, 0.2) is 5.75 Å². The highest BCUT2D eigenvalue weighted by atomic mass is 35.5. The minimum Gasteiger partial charge on any atom is -0.454 e. The van der Waals surface area contributed by atoms with Crippen molar-refractivity contribution in [2.45, 2.75) is 5.92 Å². The number of anilines is 1. The van der Waals surface area contributed by atoms with E-state index in [0.717, 1.165) is 18.2 Å². The van der Waals surface area contributed by atoms with Crippen LogP contribution in [0.5, 0.6) is 11.5 Å². The third-order valence-corrected chi connectivity index (χ3v) is 3.84. The van der Waals surface area contributed by atoms with Crippen molar-refractivity contribution in [1.82, 2.24) is 0 Å². The zero-order chi connectivity index (χ0) is 17.6. The van der Waals surface area contributed by atoms with E-state index in [4.69, 9.17) is 27.9 Å². The summed E-state index contributed by atoms with van der Waals surface area (Å²) in [7, 11) is 0. The van der Waals surface area contributed by atoms with Crippen molar-refractivity contribution in [1.29, 1.82) is 0 Å². The molecule has 0 atom stereocenters. The van der Waals surface area contributed by atoms with Crippen LogP contribution in [0.4, 0.5) is 20.2 Å². The van der Waals surface area contributed by atoms with Crippen LogP contribution in [0, 0.1) is 10.1 Å². The Hall–Kier alpha value is -2.45. The normalized spacial score (nSPS) is 14.9. The Bertz CT molecular complexity index is 866. The summed E-state index contributed by atoms with van der Waals surface area (Å²) in [6.45, 7) is 0. The Morgan fingerprint density at radius 1 is 1.17 bits per heavy atom. The Morgan fingerprint density at radius 2 is 1.79 bits per heavy atom. The number of alkyl halides is 2. The van der Waals surface area contributed by atoms with E-state index in [0.29, 0.717) is 0 Å². The highest BCUT2D eigenvalue weighted by molar-refractivity contribution is 6.37. The first-order valence-electron chi connectivity index (χ1n) is 6.35. The number of carbonyl (C=O) groups excluding carboxylic acids is 1. The van der Waals surface area contributed by atoms with Crippen LogP contribution < -0.4 is 10.1 Å². The molecule has 0 radical (unpaired) electrons. The zero-order valence-corrected chi connectivity index (χ0v) is 13.0. The molecular formula is C14H6Cl2F2N2O4. The maximum atomic E-state index is 13.8. The van der Waals surface area contributed by atoms with Gasteiger partial charge in [0.25, 0.3) is 11.6 Å². The molecule has 0 unspecified atom stereocenters. The number of nitrogens with zero attached hydrogens (tertiary/aromatic N) is 1. The van der Waals surface area contributed by atoms with Crippen molar-refractivity contribution in [3.05, 3.63) is 56.1 Å². The van der Waals surface area contributed by atoms with E-state index >= 15 is 0 Å². The highest BCUT2D eigenvalue weighted by Crippen LogP contribution is 2.44. The molecule has 0 aliphatic carbocycles. The quantitative estimate of drug-likeness (QED) is 0.621. The van der Waals surface area contributed by atoms with E-state index < -0.39 is 22.3 Å². The van der Waals surface area contributed by atoms with Gasteiger partial charge < -0.3 is 10.1 Å². The first-order valence-corrected chi connectivity index (χ1v) is 7.11. The molecule has 2 aromatic carbocycles. The smallest absolute Gasteiger partial charge is 0.352 e. The number of non-ortho nitro benzene ring substituents is 1. The van der Waals surface area contributed by atoms with E-state index in [-0.39, 0.29) is 32.9 Å². The summed E-state index contributed by atoms with van der Waals surface area (Å²) in [5.41, 5.74) is -0.912. The molecular weight excluding hydrogens is 369 g/mol. The Morgan fingerprint density at radius 3 is 2.38 bits per heavy atom. The van der Waals surface area contributed by atoms with E-state index in [1.807, 2.05) is 5.32 Å². The van der Waals surface area contributed by atoms with Gasteiger partial charge in [-0.15, -0.1) is 0 Å². The van der Waals surface area contributed by atoms with Gasteiger partial charge in [0.05, 0.1) is 26.2 Å². The van der Waals surface area contributed by atoms with E-state index in [1.165, 1.54) is 12.1 Å². The second-order valence-electron chi connectivity index (χ2n) is 4.83.